The lowest BCUT2D eigenvalue weighted by atomic mass is 9.92. The van der Waals surface area contributed by atoms with E-state index in [-0.39, 0.29) is 0 Å². The van der Waals surface area contributed by atoms with Gasteiger partial charge in [0.25, 0.3) is 0 Å². The van der Waals surface area contributed by atoms with E-state index < -0.39 is 6.10 Å². The van der Waals surface area contributed by atoms with E-state index in [2.05, 4.69) is 53.8 Å². The van der Waals surface area contributed by atoms with Crippen LogP contribution < -0.4 is 0 Å². The fraction of sp³-hybridized carbons (Fsp3) is 0.111. The van der Waals surface area contributed by atoms with Gasteiger partial charge in [-0.1, -0.05) is 48.5 Å². The Labute approximate surface area is 132 Å². The lowest BCUT2D eigenvalue weighted by Gasteiger charge is -2.17. The molecule has 1 N–H and O–H groups in total. The summed E-state index contributed by atoms with van der Waals surface area (Å²) in [5.74, 6) is 0. The highest BCUT2D eigenvalue weighted by Gasteiger charge is 2.16. The van der Waals surface area contributed by atoms with Crippen LogP contribution in [0.25, 0.3) is 10.8 Å². The Bertz CT molecular complexity index is 764. The van der Waals surface area contributed by atoms with Crippen LogP contribution in [0.3, 0.4) is 0 Å². The van der Waals surface area contributed by atoms with Crippen molar-refractivity contribution in [1.82, 2.24) is 0 Å². The van der Waals surface area contributed by atoms with Crippen LogP contribution in [0.15, 0.2) is 60.7 Å². The number of aliphatic hydroxyl groups excluding tert-OH is 1. The van der Waals surface area contributed by atoms with Gasteiger partial charge in [-0.05, 0) is 69.1 Å². The lowest BCUT2D eigenvalue weighted by molar-refractivity contribution is 0.221. The molecule has 3 aromatic carbocycles. The van der Waals surface area contributed by atoms with Gasteiger partial charge >= 0.3 is 0 Å². The first kappa shape index (κ1) is 13.6. The van der Waals surface area contributed by atoms with Crippen molar-refractivity contribution >= 4 is 33.4 Å². The quantitative estimate of drug-likeness (QED) is 0.637. The van der Waals surface area contributed by atoms with E-state index >= 15 is 0 Å². The molecule has 100 valence electrons. The number of rotatable bonds is 2. The molecule has 1 atom stereocenters. The summed E-state index contributed by atoms with van der Waals surface area (Å²) in [6.07, 6.45) is -0.587. The molecule has 1 nitrogen and oxygen atoms in total. The molecule has 0 aliphatic heterocycles. The van der Waals surface area contributed by atoms with Crippen molar-refractivity contribution in [2.75, 3.05) is 0 Å². The fourth-order valence-electron chi connectivity index (χ4n) is 2.61. The average Bonchev–Trinajstić information content (AvgIpc) is 2.46. The molecule has 0 amide bonds. The predicted molar refractivity (Wildman–Crippen MR) is 91.9 cm³/mol. The van der Waals surface area contributed by atoms with Crippen molar-refractivity contribution in [2.45, 2.75) is 13.0 Å². The molecule has 0 fully saturated rings. The van der Waals surface area contributed by atoms with Gasteiger partial charge in [-0.15, -0.1) is 0 Å². The SMILES string of the molecule is Cc1ccc2ccccc2c1C(O)c1cccc(I)c1. The second-order valence-corrected chi connectivity index (χ2v) is 6.22. The van der Waals surface area contributed by atoms with E-state index in [1.165, 1.54) is 0 Å². The molecule has 0 bridgehead atoms. The normalized spacial score (nSPS) is 12.6. The maximum Gasteiger partial charge on any atom is 0.105 e. The molecule has 1 unspecified atom stereocenters. The zero-order chi connectivity index (χ0) is 14.1. The van der Waals surface area contributed by atoms with Crippen molar-refractivity contribution < 1.29 is 5.11 Å². The monoisotopic (exact) mass is 374 g/mol. The van der Waals surface area contributed by atoms with Crippen molar-refractivity contribution in [2.24, 2.45) is 0 Å². The average molecular weight is 374 g/mol. The molecule has 0 radical (unpaired) electrons. The highest BCUT2D eigenvalue weighted by molar-refractivity contribution is 14.1. The third-order valence-corrected chi connectivity index (χ3v) is 4.30. The maximum atomic E-state index is 10.8. The predicted octanol–water partition coefficient (Wildman–Crippen LogP) is 4.83. The van der Waals surface area contributed by atoms with Gasteiger partial charge in [-0.3, -0.25) is 0 Å². The molecule has 0 heterocycles. The number of hydrogen-bond acceptors (Lipinski definition) is 1. The summed E-state index contributed by atoms with van der Waals surface area (Å²) in [5.41, 5.74) is 3.07. The molecular weight excluding hydrogens is 359 g/mol. The summed E-state index contributed by atoms with van der Waals surface area (Å²) in [7, 11) is 0. The first-order valence-corrected chi connectivity index (χ1v) is 7.66. The minimum atomic E-state index is -0.587. The van der Waals surface area contributed by atoms with Crippen LogP contribution in [0.5, 0.6) is 0 Å². The number of aryl methyl sites for hydroxylation is 1. The minimum Gasteiger partial charge on any atom is -0.384 e. The number of aliphatic hydroxyl groups is 1. The highest BCUT2D eigenvalue weighted by Crippen LogP contribution is 2.32. The number of hydrogen-bond donors (Lipinski definition) is 1. The number of fused-ring (bicyclic) bond motifs is 1. The van der Waals surface area contributed by atoms with Gasteiger partial charge in [0, 0.05) is 3.57 Å². The standard InChI is InChI=1S/C18H15IO/c1-12-9-10-13-5-2-3-8-16(13)17(12)18(20)14-6-4-7-15(19)11-14/h2-11,18,20H,1H3. The summed E-state index contributed by atoms with van der Waals surface area (Å²) in [6, 6.07) is 20.4. The Hall–Kier alpha value is -1.39. The molecule has 3 aromatic rings. The molecule has 20 heavy (non-hydrogen) atoms. The summed E-state index contributed by atoms with van der Waals surface area (Å²) in [6.45, 7) is 2.05. The number of benzene rings is 3. The summed E-state index contributed by atoms with van der Waals surface area (Å²) < 4.78 is 1.14. The lowest BCUT2D eigenvalue weighted by Crippen LogP contribution is -2.03. The van der Waals surface area contributed by atoms with Gasteiger partial charge < -0.3 is 5.11 Å². The van der Waals surface area contributed by atoms with E-state index in [9.17, 15) is 5.11 Å². The summed E-state index contributed by atoms with van der Waals surface area (Å²) >= 11 is 2.27. The van der Waals surface area contributed by atoms with Gasteiger partial charge in [0.1, 0.15) is 6.10 Å². The van der Waals surface area contributed by atoms with E-state index in [1.54, 1.807) is 0 Å². The Morgan fingerprint density at radius 1 is 0.950 bits per heavy atom. The summed E-state index contributed by atoms with van der Waals surface area (Å²) in [4.78, 5) is 0. The molecule has 2 heteroatoms. The first-order valence-electron chi connectivity index (χ1n) is 6.58. The molecule has 3 rings (SSSR count). The Balaban J connectivity index is 2.21. The van der Waals surface area contributed by atoms with Crippen molar-refractivity contribution in [3.05, 3.63) is 80.9 Å². The van der Waals surface area contributed by atoms with Crippen LogP contribution in [0.4, 0.5) is 0 Å². The van der Waals surface area contributed by atoms with Gasteiger partial charge in [0.2, 0.25) is 0 Å². The van der Waals surface area contributed by atoms with Gasteiger partial charge in [0.15, 0.2) is 0 Å². The van der Waals surface area contributed by atoms with E-state index in [0.717, 1.165) is 31.0 Å². The third kappa shape index (κ3) is 2.45. The topological polar surface area (TPSA) is 20.2 Å². The Morgan fingerprint density at radius 2 is 1.75 bits per heavy atom. The zero-order valence-corrected chi connectivity index (χ0v) is 13.3. The largest absolute Gasteiger partial charge is 0.384 e. The van der Waals surface area contributed by atoms with E-state index in [0.29, 0.717) is 0 Å². The van der Waals surface area contributed by atoms with Gasteiger partial charge in [-0.2, -0.15) is 0 Å². The summed E-state index contributed by atoms with van der Waals surface area (Å²) in [5, 5.41) is 13.1. The molecule has 0 spiro atoms. The molecule has 0 aliphatic rings. The second kappa shape index (κ2) is 5.54. The van der Waals surface area contributed by atoms with Gasteiger partial charge in [0.05, 0.1) is 0 Å². The van der Waals surface area contributed by atoms with Crippen LogP contribution in [-0.4, -0.2) is 5.11 Å². The fourth-order valence-corrected chi connectivity index (χ4v) is 3.18. The molecular formula is C18H15IO. The van der Waals surface area contributed by atoms with Crippen molar-refractivity contribution in [3.8, 4) is 0 Å². The van der Waals surface area contributed by atoms with Crippen molar-refractivity contribution in [3.63, 3.8) is 0 Å². The molecule has 0 aromatic heterocycles. The van der Waals surface area contributed by atoms with Crippen molar-refractivity contribution in [1.29, 1.82) is 0 Å². The third-order valence-electron chi connectivity index (χ3n) is 3.63. The van der Waals surface area contributed by atoms with Crippen LogP contribution in [-0.2, 0) is 0 Å². The molecule has 0 saturated carbocycles. The van der Waals surface area contributed by atoms with Gasteiger partial charge in [-0.25, -0.2) is 0 Å². The Morgan fingerprint density at radius 3 is 2.55 bits per heavy atom. The Kier molecular flexibility index (Phi) is 3.76. The van der Waals surface area contributed by atoms with Crippen LogP contribution >= 0.6 is 22.6 Å². The van der Waals surface area contributed by atoms with Crippen LogP contribution in [0.1, 0.15) is 22.8 Å². The van der Waals surface area contributed by atoms with E-state index in [1.807, 2.05) is 36.4 Å². The first-order chi connectivity index (χ1) is 9.66. The maximum absolute atomic E-state index is 10.8. The molecule has 0 aliphatic carbocycles. The van der Waals surface area contributed by atoms with E-state index in [4.69, 9.17) is 0 Å². The van der Waals surface area contributed by atoms with Crippen LogP contribution in [0, 0.1) is 10.5 Å². The number of halogens is 1. The van der Waals surface area contributed by atoms with Crippen LogP contribution in [0.2, 0.25) is 0 Å². The highest BCUT2D eigenvalue weighted by atomic mass is 127. The minimum absolute atomic E-state index is 0.587. The zero-order valence-electron chi connectivity index (χ0n) is 11.2. The smallest absolute Gasteiger partial charge is 0.105 e. The second-order valence-electron chi connectivity index (χ2n) is 4.97. The molecule has 0 saturated heterocycles.